The predicted molar refractivity (Wildman–Crippen MR) is 44.5 cm³/mol. The van der Waals surface area contributed by atoms with Crippen LogP contribution >= 0.6 is 7.82 Å². The van der Waals surface area contributed by atoms with Gasteiger partial charge in [-0.2, -0.15) is 4.84 Å². The molecule has 17 heavy (non-hydrogen) atoms. The Balaban J connectivity index is 1.97. The lowest BCUT2D eigenvalue weighted by Gasteiger charge is -2.22. The van der Waals surface area contributed by atoms with Gasteiger partial charge in [-0.1, -0.05) is 0 Å². The molecule has 2 aliphatic rings. The third-order valence-electron chi connectivity index (χ3n) is 2.46. The molecule has 10 nitrogen and oxygen atoms in total. The fraction of sp³-hybridized carbons (Fsp3) is 1.00. The highest BCUT2D eigenvalue weighted by Crippen LogP contribution is 2.39. The van der Waals surface area contributed by atoms with E-state index < -0.39 is 37.3 Å². The zero-order chi connectivity index (χ0) is 12.6. The van der Waals surface area contributed by atoms with Crippen LogP contribution in [0.2, 0.25) is 0 Å². The van der Waals surface area contributed by atoms with Crippen LogP contribution in [0, 0.1) is 4.91 Å². The second-order valence-corrected chi connectivity index (χ2v) is 4.74. The second-order valence-electron chi connectivity index (χ2n) is 3.59. The summed E-state index contributed by atoms with van der Waals surface area (Å²) in [5, 5.41) is 7.64. The van der Waals surface area contributed by atoms with Crippen LogP contribution in [0.3, 0.4) is 0 Å². The predicted octanol–water partition coefficient (Wildman–Crippen LogP) is -1.90. The summed E-state index contributed by atoms with van der Waals surface area (Å²) in [6.07, 6.45) is -3.38. The molecule has 2 N–H and O–H groups in total. The molecule has 2 rings (SSSR count). The summed E-state index contributed by atoms with van der Waals surface area (Å²) in [6, 6.07) is 0. The summed E-state index contributed by atoms with van der Waals surface area (Å²) in [4.78, 5) is 33.8. The standard InChI is InChI=1S/C6H10NO9P/c8-7(9)15-3-1-13-6-4(2-14-5(3)6)16-17(10,11)12/h3-6H,1-2H2,(H2-,8,9,10,11,12)/t3-,4+,5-,6+/m1/s1. The third-order valence-corrected chi connectivity index (χ3v) is 2.99. The number of hydrogen-bond donors (Lipinski definition) is 2. The monoisotopic (exact) mass is 271 g/mol. The molecular formula is C6H10NO9P. The van der Waals surface area contributed by atoms with Gasteiger partial charge in [-0.25, -0.2) is 5.21 Å². The SMILES string of the molecule is O=[N+](O)O[C@@H]1CO[C@@H]2[C@@H]1OC[C@@H]2OP(=O)([O-])O. The lowest BCUT2D eigenvalue weighted by Crippen LogP contribution is -2.35. The first-order valence-electron chi connectivity index (χ1n) is 4.65. The molecule has 0 aromatic heterocycles. The zero-order valence-electron chi connectivity index (χ0n) is 8.37. The van der Waals surface area contributed by atoms with Crippen molar-refractivity contribution in [3.05, 3.63) is 4.91 Å². The van der Waals surface area contributed by atoms with Crippen LogP contribution in [0.15, 0.2) is 0 Å². The van der Waals surface area contributed by atoms with E-state index in [4.69, 9.17) is 19.6 Å². The maximum Gasteiger partial charge on any atom is 0.475 e. The van der Waals surface area contributed by atoms with Gasteiger partial charge in [0, 0.05) is 0 Å². The van der Waals surface area contributed by atoms with Gasteiger partial charge in [-0.15, -0.1) is 0 Å². The van der Waals surface area contributed by atoms with Gasteiger partial charge in [0.1, 0.15) is 23.2 Å². The topological polar surface area (TPSA) is 138 Å². The van der Waals surface area contributed by atoms with Crippen molar-refractivity contribution in [2.24, 2.45) is 0 Å². The van der Waals surface area contributed by atoms with Gasteiger partial charge in [0.2, 0.25) is 6.10 Å². The zero-order valence-corrected chi connectivity index (χ0v) is 9.26. The maximum absolute atomic E-state index is 10.6. The molecule has 0 amide bonds. The Morgan fingerprint density at radius 1 is 1.29 bits per heavy atom. The lowest BCUT2D eigenvalue weighted by molar-refractivity contribution is -0.982. The van der Waals surface area contributed by atoms with Crippen LogP contribution in [-0.2, 0) is 23.4 Å². The molecule has 2 aliphatic heterocycles. The Bertz CT molecular complexity index is 355. The van der Waals surface area contributed by atoms with Crippen molar-refractivity contribution in [1.29, 1.82) is 0 Å². The van der Waals surface area contributed by atoms with Gasteiger partial charge in [0.25, 0.3) is 7.82 Å². The van der Waals surface area contributed by atoms with Crippen molar-refractivity contribution in [2.75, 3.05) is 13.2 Å². The molecule has 0 aromatic carbocycles. The fourth-order valence-electron chi connectivity index (χ4n) is 1.90. The molecule has 0 aromatic rings. The van der Waals surface area contributed by atoms with Gasteiger partial charge in [0.15, 0.2) is 0 Å². The third kappa shape index (κ3) is 2.92. The molecule has 2 heterocycles. The van der Waals surface area contributed by atoms with E-state index >= 15 is 0 Å². The van der Waals surface area contributed by atoms with Crippen LogP contribution in [0.25, 0.3) is 0 Å². The van der Waals surface area contributed by atoms with Gasteiger partial charge < -0.3 is 23.8 Å². The first kappa shape index (κ1) is 12.7. The highest BCUT2D eigenvalue weighted by molar-refractivity contribution is 7.44. The molecule has 5 atom stereocenters. The summed E-state index contributed by atoms with van der Waals surface area (Å²) in [6.45, 7) is -0.199. The number of hydrogen-bond acceptors (Lipinski definition) is 7. The number of nitrogens with zero attached hydrogens (tertiary/aromatic N) is 1. The van der Waals surface area contributed by atoms with E-state index in [-0.39, 0.29) is 13.2 Å². The molecule has 0 aliphatic carbocycles. The second kappa shape index (κ2) is 4.48. The van der Waals surface area contributed by atoms with Crippen LogP contribution in [-0.4, -0.2) is 52.8 Å². The van der Waals surface area contributed by atoms with E-state index in [1.807, 2.05) is 0 Å². The average Bonchev–Trinajstić information content (AvgIpc) is 2.68. The number of phosphoric acid groups is 1. The van der Waals surface area contributed by atoms with Gasteiger partial charge in [-0.05, 0) is 0 Å². The van der Waals surface area contributed by atoms with E-state index in [9.17, 15) is 14.4 Å². The minimum Gasteiger partial charge on any atom is -0.756 e. The molecule has 98 valence electrons. The maximum atomic E-state index is 10.6. The molecule has 1 unspecified atom stereocenters. The number of rotatable bonds is 4. The summed E-state index contributed by atoms with van der Waals surface area (Å²) in [7, 11) is -4.88. The first-order valence-corrected chi connectivity index (χ1v) is 6.14. The molecule has 11 heteroatoms. The number of ether oxygens (including phenoxy) is 2. The van der Waals surface area contributed by atoms with E-state index in [2.05, 4.69) is 9.36 Å². The molecule has 0 radical (unpaired) electrons. The minimum absolute atomic E-state index is 0.0664. The molecule has 2 saturated heterocycles. The normalized spacial score (nSPS) is 39.6. The highest BCUT2D eigenvalue weighted by atomic mass is 31.2. The van der Waals surface area contributed by atoms with E-state index in [1.54, 1.807) is 0 Å². The minimum atomic E-state index is -4.88. The molecule has 0 bridgehead atoms. The van der Waals surface area contributed by atoms with Crippen molar-refractivity contribution in [3.8, 4) is 0 Å². The van der Waals surface area contributed by atoms with Crippen molar-refractivity contribution in [1.82, 2.24) is 0 Å². The van der Waals surface area contributed by atoms with E-state index in [0.29, 0.717) is 0 Å². The van der Waals surface area contributed by atoms with Gasteiger partial charge in [0.05, 0.1) is 13.2 Å². The Labute approximate surface area is 94.8 Å². The molecular weight excluding hydrogens is 261 g/mol. The quantitative estimate of drug-likeness (QED) is 0.443. The Kier molecular flexibility index (Phi) is 3.34. The fourth-order valence-corrected chi connectivity index (χ4v) is 2.42. The summed E-state index contributed by atoms with van der Waals surface area (Å²) >= 11 is 0. The Hall–Kier alpha value is -0.770. The summed E-state index contributed by atoms with van der Waals surface area (Å²) in [5.74, 6) is 0. The largest absolute Gasteiger partial charge is 0.756 e. The number of phosphoric ester groups is 1. The molecule has 0 saturated carbocycles. The summed E-state index contributed by atoms with van der Waals surface area (Å²) < 4.78 is 25.2. The molecule has 0 spiro atoms. The van der Waals surface area contributed by atoms with Crippen molar-refractivity contribution >= 4 is 7.82 Å². The van der Waals surface area contributed by atoms with Crippen molar-refractivity contribution in [2.45, 2.75) is 24.4 Å². The summed E-state index contributed by atoms with van der Waals surface area (Å²) in [5.41, 5.74) is 0. The van der Waals surface area contributed by atoms with Crippen molar-refractivity contribution in [3.63, 3.8) is 0 Å². The first-order chi connectivity index (χ1) is 7.87. The Morgan fingerprint density at radius 2 is 1.82 bits per heavy atom. The van der Waals surface area contributed by atoms with Crippen LogP contribution < -0.4 is 4.89 Å². The highest BCUT2D eigenvalue weighted by Gasteiger charge is 2.53. The average molecular weight is 271 g/mol. The smallest absolute Gasteiger partial charge is 0.475 e. The Morgan fingerprint density at radius 3 is 2.35 bits per heavy atom. The molecule has 2 fully saturated rings. The lowest BCUT2D eigenvalue weighted by atomic mass is 10.1. The van der Waals surface area contributed by atoms with E-state index in [0.717, 1.165) is 0 Å². The van der Waals surface area contributed by atoms with Gasteiger partial charge in [-0.3, -0.25) is 4.57 Å². The van der Waals surface area contributed by atoms with Crippen LogP contribution in [0.4, 0.5) is 0 Å². The van der Waals surface area contributed by atoms with Crippen molar-refractivity contribution < 1.29 is 43.5 Å². The number of fused-ring (bicyclic) bond motifs is 1. The van der Waals surface area contributed by atoms with Gasteiger partial charge >= 0.3 is 5.09 Å². The van der Waals surface area contributed by atoms with Crippen LogP contribution in [0.1, 0.15) is 0 Å². The van der Waals surface area contributed by atoms with Crippen LogP contribution in [0.5, 0.6) is 0 Å². The van der Waals surface area contributed by atoms with E-state index in [1.165, 1.54) is 0 Å².